The minimum Gasteiger partial charge on any atom is -0.350 e. The van der Waals surface area contributed by atoms with Crippen molar-refractivity contribution in [1.29, 1.82) is 0 Å². The van der Waals surface area contributed by atoms with Crippen molar-refractivity contribution in [2.24, 2.45) is 0 Å². The number of amides is 1. The number of anilines is 1. The Labute approximate surface area is 275 Å². The van der Waals surface area contributed by atoms with Crippen molar-refractivity contribution in [3.63, 3.8) is 0 Å². The van der Waals surface area contributed by atoms with Crippen LogP contribution in [-0.2, 0) is 4.79 Å². The summed E-state index contributed by atoms with van der Waals surface area (Å²) in [7, 11) is 4.06. The maximum absolute atomic E-state index is 14.3. The van der Waals surface area contributed by atoms with Crippen LogP contribution in [0, 0.1) is 0 Å². The van der Waals surface area contributed by atoms with Gasteiger partial charge in [0.2, 0.25) is 0 Å². The molecule has 1 aliphatic rings. The molecule has 0 saturated carbocycles. The normalized spacial score (nSPS) is 15.1. The van der Waals surface area contributed by atoms with Crippen LogP contribution >= 0.6 is 11.6 Å². The first-order chi connectivity index (χ1) is 21.8. The summed E-state index contributed by atoms with van der Waals surface area (Å²) in [6.07, 6.45) is 3.86. The summed E-state index contributed by atoms with van der Waals surface area (Å²) in [6, 6.07) is 11.4. The van der Waals surface area contributed by atoms with E-state index in [9.17, 15) is 14.0 Å². The number of hydrogen-bond acceptors (Lipinski definition) is 6. The maximum atomic E-state index is 14.3. The van der Waals surface area contributed by atoms with E-state index in [4.69, 9.17) is 21.6 Å². The monoisotopic (exact) mass is 638 g/mol. The standard InChI is InChI=1S/C34H38B2ClFN6O2/c1-18(2)23-11-12-39-28(19(3)4)30(23)44-32-25(16-26(37)29(40-32)24-10-8-7-9-22(24)15-27(35)36)31(41-34(44)46)43-14-13-42(17-20(43)5)33(45)21(6)38/h7-12,15-16,18-20H,6,13-14,17,35-36H2,1-5H3/t20-/m0/s1. The molecule has 0 bridgehead atoms. The fourth-order valence-corrected chi connectivity index (χ4v) is 6.36. The average Bonchev–Trinajstić information content (AvgIpc) is 3.00. The molecule has 1 aliphatic heterocycles. The van der Waals surface area contributed by atoms with Gasteiger partial charge in [0.05, 0.1) is 27.5 Å². The van der Waals surface area contributed by atoms with E-state index in [-0.39, 0.29) is 31.0 Å². The summed E-state index contributed by atoms with van der Waals surface area (Å²) in [5, 5.41) is 2.11. The van der Waals surface area contributed by atoms with Crippen molar-refractivity contribution in [2.45, 2.75) is 52.5 Å². The van der Waals surface area contributed by atoms with Gasteiger partial charge in [-0.1, -0.05) is 76.2 Å². The molecule has 46 heavy (non-hydrogen) atoms. The van der Waals surface area contributed by atoms with E-state index in [1.807, 2.05) is 77.8 Å². The molecule has 1 saturated heterocycles. The number of piperazine rings is 1. The van der Waals surface area contributed by atoms with Gasteiger partial charge in [0.1, 0.15) is 21.5 Å². The van der Waals surface area contributed by atoms with Gasteiger partial charge in [0.15, 0.2) is 11.5 Å². The van der Waals surface area contributed by atoms with Crippen molar-refractivity contribution in [3.8, 4) is 16.9 Å². The average molecular weight is 639 g/mol. The molecule has 0 unspecified atom stereocenters. The highest BCUT2D eigenvalue weighted by molar-refractivity contribution is 6.50. The third-order valence-corrected chi connectivity index (χ3v) is 8.54. The van der Waals surface area contributed by atoms with Gasteiger partial charge in [0.25, 0.3) is 5.91 Å². The lowest BCUT2D eigenvalue weighted by Crippen LogP contribution is -2.54. The molecule has 0 N–H and O–H groups in total. The SMILES string of the molecule is BC(B)=Cc1ccccc1-c1nc2c(cc1Cl)c(N1CCN(C(=O)C(=C)F)C[C@@H]1C)nc(=O)n2-c1c(C(C)C)ccnc1C(C)C. The first kappa shape index (κ1) is 33.1. The second-order valence-corrected chi connectivity index (χ2v) is 13.1. The number of carbonyl (C=O) groups excluding carboxylic acids is 1. The predicted octanol–water partition coefficient (Wildman–Crippen LogP) is 4.83. The third-order valence-electron chi connectivity index (χ3n) is 8.26. The zero-order chi connectivity index (χ0) is 33.4. The number of carbonyl (C=O) groups is 1. The number of fused-ring (bicyclic) bond motifs is 1. The number of hydrogen-bond donors (Lipinski definition) is 0. The summed E-state index contributed by atoms with van der Waals surface area (Å²) in [4.78, 5) is 44.7. The quantitative estimate of drug-likeness (QED) is 0.213. The Hall–Kier alpha value is -4.24. The van der Waals surface area contributed by atoms with E-state index >= 15 is 0 Å². The van der Waals surface area contributed by atoms with Gasteiger partial charge in [-0.25, -0.2) is 18.7 Å². The summed E-state index contributed by atoms with van der Waals surface area (Å²) in [6.45, 7) is 14.1. The minimum atomic E-state index is -0.998. The topological polar surface area (TPSA) is 84.2 Å². The van der Waals surface area contributed by atoms with Gasteiger partial charge in [-0.2, -0.15) is 4.98 Å². The Morgan fingerprint density at radius 3 is 2.46 bits per heavy atom. The number of pyridine rings is 2. The van der Waals surface area contributed by atoms with Gasteiger partial charge in [0, 0.05) is 37.4 Å². The first-order valence-corrected chi connectivity index (χ1v) is 15.9. The highest BCUT2D eigenvalue weighted by Gasteiger charge is 2.32. The van der Waals surface area contributed by atoms with Crippen LogP contribution in [0.2, 0.25) is 5.02 Å². The molecule has 4 heterocycles. The predicted molar refractivity (Wildman–Crippen MR) is 190 cm³/mol. The Morgan fingerprint density at radius 1 is 1.11 bits per heavy atom. The van der Waals surface area contributed by atoms with Crippen molar-refractivity contribution >= 4 is 56.1 Å². The van der Waals surface area contributed by atoms with E-state index < -0.39 is 17.4 Å². The van der Waals surface area contributed by atoms with Gasteiger partial charge in [-0.15, -0.1) is 5.37 Å². The molecule has 1 amide bonds. The van der Waals surface area contributed by atoms with Crippen LogP contribution in [-0.4, -0.2) is 71.7 Å². The van der Waals surface area contributed by atoms with E-state index in [1.165, 1.54) is 4.90 Å². The van der Waals surface area contributed by atoms with Gasteiger partial charge in [-0.05, 0) is 42.0 Å². The van der Waals surface area contributed by atoms with Gasteiger partial charge in [-0.3, -0.25) is 9.78 Å². The molecular formula is C34H38B2ClFN6O2. The molecule has 4 aromatic rings. The first-order valence-electron chi connectivity index (χ1n) is 15.6. The molecule has 1 aromatic carbocycles. The van der Waals surface area contributed by atoms with Gasteiger partial charge < -0.3 is 9.80 Å². The van der Waals surface area contributed by atoms with Crippen LogP contribution in [0.3, 0.4) is 0 Å². The zero-order valence-electron chi connectivity index (χ0n) is 27.4. The van der Waals surface area contributed by atoms with Crippen LogP contribution in [0.5, 0.6) is 0 Å². The van der Waals surface area contributed by atoms with Gasteiger partial charge >= 0.3 is 5.69 Å². The van der Waals surface area contributed by atoms with Crippen LogP contribution in [0.1, 0.15) is 63.3 Å². The summed E-state index contributed by atoms with van der Waals surface area (Å²) in [5.74, 6) is -1.23. The van der Waals surface area contributed by atoms with Crippen LogP contribution in [0.15, 0.2) is 65.2 Å². The van der Waals surface area contributed by atoms with Crippen LogP contribution in [0.4, 0.5) is 10.2 Å². The van der Waals surface area contributed by atoms with Crippen LogP contribution < -0.4 is 10.6 Å². The summed E-state index contributed by atoms with van der Waals surface area (Å²) in [5.41, 5.74) is 4.62. The lowest BCUT2D eigenvalue weighted by molar-refractivity contribution is -0.129. The van der Waals surface area contributed by atoms with Crippen LogP contribution in [0.25, 0.3) is 34.1 Å². The Bertz CT molecular complexity index is 1910. The summed E-state index contributed by atoms with van der Waals surface area (Å²) < 4.78 is 15.3. The molecule has 236 valence electrons. The molecule has 1 fully saturated rings. The highest BCUT2D eigenvalue weighted by atomic mass is 35.5. The summed E-state index contributed by atoms with van der Waals surface area (Å²) >= 11 is 7.06. The Kier molecular flexibility index (Phi) is 9.54. The van der Waals surface area contributed by atoms with E-state index in [1.54, 1.807) is 10.8 Å². The number of nitrogens with zero attached hydrogens (tertiary/aromatic N) is 6. The lowest BCUT2D eigenvalue weighted by atomic mass is 9.77. The zero-order valence-corrected chi connectivity index (χ0v) is 28.2. The lowest BCUT2D eigenvalue weighted by Gasteiger charge is -2.40. The van der Waals surface area contributed by atoms with Crippen molar-refractivity contribution < 1.29 is 9.18 Å². The third kappa shape index (κ3) is 6.25. The molecule has 5 rings (SSSR count). The fourth-order valence-electron chi connectivity index (χ4n) is 6.11. The smallest absolute Gasteiger partial charge is 0.350 e. The van der Waals surface area contributed by atoms with Crippen molar-refractivity contribution in [1.82, 2.24) is 24.4 Å². The molecule has 0 radical (unpaired) electrons. The largest absolute Gasteiger partial charge is 0.355 e. The second-order valence-electron chi connectivity index (χ2n) is 12.7. The molecule has 12 heteroatoms. The highest BCUT2D eigenvalue weighted by Crippen LogP contribution is 2.37. The minimum absolute atomic E-state index is 0.0105. The second kappa shape index (κ2) is 13.2. The molecule has 0 spiro atoms. The maximum Gasteiger partial charge on any atom is 0.355 e. The van der Waals surface area contributed by atoms with Crippen molar-refractivity contribution in [2.75, 3.05) is 24.5 Å². The molecule has 3 aromatic heterocycles. The number of benzene rings is 1. The molecule has 0 aliphatic carbocycles. The molecule has 8 nitrogen and oxygen atoms in total. The van der Waals surface area contributed by atoms with E-state index in [0.29, 0.717) is 39.8 Å². The fraction of sp³-hybridized carbons (Fsp3) is 0.324. The Morgan fingerprint density at radius 2 is 1.83 bits per heavy atom. The van der Waals surface area contributed by atoms with E-state index in [2.05, 4.69) is 31.5 Å². The van der Waals surface area contributed by atoms with Crippen molar-refractivity contribution in [3.05, 3.63) is 92.7 Å². The number of halogens is 2. The number of aromatic nitrogens is 4. The number of rotatable bonds is 7. The molecule has 1 atom stereocenters. The Balaban J connectivity index is 1.84. The van der Waals surface area contributed by atoms with E-state index in [0.717, 1.165) is 27.8 Å². The molecular weight excluding hydrogens is 600 g/mol.